The number of nitrogens with one attached hydrogen (secondary N) is 1. The number of carbonyl (C=O) groups is 2. The summed E-state index contributed by atoms with van der Waals surface area (Å²) in [6.45, 7) is 2.06. The Labute approximate surface area is 238 Å². The van der Waals surface area contributed by atoms with E-state index in [1.807, 2.05) is 12.1 Å². The maximum Gasteiger partial charge on any atom is 0.338 e. The van der Waals surface area contributed by atoms with E-state index in [4.69, 9.17) is 9.72 Å². The summed E-state index contributed by atoms with van der Waals surface area (Å²) in [5.74, 6) is 0.184. The average Bonchev–Trinajstić information content (AvgIpc) is 3.73. The first kappa shape index (κ1) is 25.6. The molecule has 2 heterocycles. The van der Waals surface area contributed by atoms with Crippen LogP contribution in [0.25, 0.3) is 27.6 Å². The van der Waals surface area contributed by atoms with Gasteiger partial charge in [-0.2, -0.15) is 0 Å². The molecule has 0 spiro atoms. The van der Waals surface area contributed by atoms with Crippen molar-refractivity contribution in [3.8, 4) is 5.69 Å². The van der Waals surface area contributed by atoms with E-state index in [9.17, 15) is 9.59 Å². The van der Waals surface area contributed by atoms with Crippen LogP contribution in [0.2, 0.25) is 0 Å². The minimum Gasteiger partial charge on any atom is -0.462 e. The molecule has 0 saturated heterocycles. The number of carbonyl (C=O) groups excluding carboxylic acids is 2. The molecule has 1 saturated carbocycles. The minimum absolute atomic E-state index is 0.146. The molecule has 1 aliphatic rings. The van der Waals surface area contributed by atoms with E-state index in [1.165, 1.54) is 35.6 Å². The second-order valence-corrected chi connectivity index (χ2v) is 11.1. The SMILES string of the molecule is CCOC(=O)c1ccc(NC(=O)CSc2nc3ncccc3n2-c2ccc(C3CC3)c3ccccc23)c(Br)c1. The Morgan fingerprint density at radius 1 is 1.08 bits per heavy atom. The number of aromatic nitrogens is 3. The van der Waals surface area contributed by atoms with Gasteiger partial charge in [0.2, 0.25) is 5.91 Å². The third-order valence-electron chi connectivity index (χ3n) is 6.68. The number of hydrogen-bond donors (Lipinski definition) is 1. The van der Waals surface area contributed by atoms with Crippen molar-refractivity contribution in [2.75, 3.05) is 17.7 Å². The molecule has 1 fully saturated rings. The number of hydrogen-bond acceptors (Lipinski definition) is 6. The second kappa shape index (κ2) is 10.8. The third kappa shape index (κ3) is 5.16. The van der Waals surface area contributed by atoms with Crippen LogP contribution in [0, 0.1) is 0 Å². The predicted octanol–water partition coefficient (Wildman–Crippen LogP) is 7.12. The number of imidazole rings is 1. The zero-order valence-electron chi connectivity index (χ0n) is 21.2. The highest BCUT2D eigenvalue weighted by molar-refractivity contribution is 9.10. The molecule has 9 heteroatoms. The van der Waals surface area contributed by atoms with Crippen LogP contribution in [-0.2, 0) is 9.53 Å². The lowest BCUT2D eigenvalue weighted by molar-refractivity contribution is -0.113. The number of halogens is 1. The van der Waals surface area contributed by atoms with Gasteiger partial charge in [-0.25, -0.2) is 14.8 Å². The molecule has 1 amide bonds. The van der Waals surface area contributed by atoms with Crippen LogP contribution in [0.3, 0.4) is 0 Å². The molecule has 5 aromatic rings. The summed E-state index contributed by atoms with van der Waals surface area (Å²) in [6.07, 6.45) is 4.20. The van der Waals surface area contributed by atoms with E-state index < -0.39 is 5.97 Å². The van der Waals surface area contributed by atoms with Crippen molar-refractivity contribution in [3.63, 3.8) is 0 Å². The van der Waals surface area contributed by atoms with Crippen LogP contribution in [0.4, 0.5) is 5.69 Å². The fourth-order valence-corrected chi connectivity index (χ4v) is 6.04. The molecule has 0 bridgehead atoms. The molecule has 1 aliphatic carbocycles. The van der Waals surface area contributed by atoms with Crippen molar-refractivity contribution in [2.24, 2.45) is 0 Å². The van der Waals surface area contributed by atoms with Crippen LogP contribution in [0.5, 0.6) is 0 Å². The Bertz CT molecular complexity index is 1730. The molecule has 2 aromatic heterocycles. The first-order valence-electron chi connectivity index (χ1n) is 12.8. The number of esters is 1. The molecule has 7 nitrogen and oxygen atoms in total. The van der Waals surface area contributed by atoms with Gasteiger partial charge in [0.1, 0.15) is 0 Å². The van der Waals surface area contributed by atoms with E-state index in [0.29, 0.717) is 39.1 Å². The molecule has 1 N–H and O–H groups in total. The Hall–Kier alpha value is -3.69. The monoisotopic (exact) mass is 600 g/mol. The molecule has 39 heavy (non-hydrogen) atoms. The summed E-state index contributed by atoms with van der Waals surface area (Å²) < 4.78 is 7.75. The molecule has 0 radical (unpaired) electrons. The van der Waals surface area contributed by atoms with E-state index >= 15 is 0 Å². The van der Waals surface area contributed by atoms with Crippen molar-refractivity contribution >= 4 is 67.2 Å². The molecule has 196 valence electrons. The lowest BCUT2D eigenvalue weighted by Gasteiger charge is -2.15. The molecule has 0 aliphatic heterocycles. The van der Waals surface area contributed by atoms with Gasteiger partial charge in [0.25, 0.3) is 0 Å². The fourth-order valence-electron chi connectivity index (χ4n) is 4.75. The Morgan fingerprint density at radius 2 is 1.90 bits per heavy atom. The molecular formula is C30H25BrN4O3S. The van der Waals surface area contributed by atoms with Crippen LogP contribution < -0.4 is 5.32 Å². The molecule has 0 atom stereocenters. The van der Waals surface area contributed by atoms with Crippen LogP contribution >= 0.6 is 27.7 Å². The number of anilines is 1. The number of pyridine rings is 1. The van der Waals surface area contributed by atoms with Crippen molar-refractivity contribution < 1.29 is 14.3 Å². The van der Waals surface area contributed by atoms with Crippen molar-refractivity contribution in [2.45, 2.75) is 30.8 Å². The molecular weight excluding hydrogens is 576 g/mol. The first-order chi connectivity index (χ1) is 19.0. The summed E-state index contributed by atoms with van der Waals surface area (Å²) in [7, 11) is 0. The minimum atomic E-state index is -0.406. The zero-order chi connectivity index (χ0) is 26.9. The highest BCUT2D eigenvalue weighted by atomic mass is 79.9. The summed E-state index contributed by atoms with van der Waals surface area (Å²) >= 11 is 4.80. The average molecular weight is 602 g/mol. The van der Waals surface area contributed by atoms with Gasteiger partial charge in [-0.3, -0.25) is 9.36 Å². The van der Waals surface area contributed by atoms with Crippen molar-refractivity contribution in [3.05, 3.63) is 88.5 Å². The van der Waals surface area contributed by atoms with Gasteiger partial charge >= 0.3 is 5.97 Å². The smallest absolute Gasteiger partial charge is 0.338 e. The summed E-state index contributed by atoms with van der Waals surface area (Å²) in [4.78, 5) is 34.2. The van der Waals surface area contributed by atoms with Gasteiger partial charge in [-0.05, 0) is 89.0 Å². The van der Waals surface area contributed by atoms with Gasteiger partial charge in [0, 0.05) is 16.1 Å². The predicted molar refractivity (Wildman–Crippen MR) is 158 cm³/mol. The number of benzene rings is 3. The van der Waals surface area contributed by atoms with E-state index in [1.54, 1.807) is 31.3 Å². The van der Waals surface area contributed by atoms with Gasteiger partial charge in [-0.15, -0.1) is 0 Å². The highest BCUT2D eigenvalue weighted by Gasteiger charge is 2.26. The number of fused-ring (bicyclic) bond motifs is 2. The number of ether oxygens (including phenoxy) is 1. The number of thioether (sulfide) groups is 1. The van der Waals surface area contributed by atoms with Crippen LogP contribution in [0.15, 0.2) is 82.6 Å². The zero-order valence-corrected chi connectivity index (χ0v) is 23.6. The highest BCUT2D eigenvalue weighted by Crippen LogP contribution is 2.44. The number of amides is 1. The normalized spacial score (nSPS) is 13.1. The maximum atomic E-state index is 13.0. The molecule has 3 aromatic carbocycles. The Kier molecular flexibility index (Phi) is 7.10. The van der Waals surface area contributed by atoms with Gasteiger partial charge in [0.05, 0.1) is 34.8 Å². The van der Waals surface area contributed by atoms with E-state index in [0.717, 1.165) is 16.6 Å². The Morgan fingerprint density at radius 3 is 2.67 bits per heavy atom. The molecule has 0 unspecified atom stereocenters. The van der Waals surface area contributed by atoms with E-state index in [-0.39, 0.29) is 11.7 Å². The van der Waals surface area contributed by atoms with Crippen LogP contribution in [0.1, 0.15) is 41.6 Å². The second-order valence-electron chi connectivity index (χ2n) is 9.32. The first-order valence-corrected chi connectivity index (χ1v) is 14.6. The number of rotatable bonds is 8. The summed E-state index contributed by atoms with van der Waals surface area (Å²) in [5.41, 5.74) is 4.92. The van der Waals surface area contributed by atoms with Gasteiger partial charge < -0.3 is 10.1 Å². The Balaban J connectivity index is 1.28. The summed E-state index contributed by atoms with van der Waals surface area (Å²) in [5, 5.41) is 6.02. The van der Waals surface area contributed by atoms with E-state index in [2.05, 4.69) is 67.2 Å². The topological polar surface area (TPSA) is 86.1 Å². The van der Waals surface area contributed by atoms with Crippen LogP contribution in [-0.4, -0.2) is 38.8 Å². The fraction of sp³-hybridized carbons (Fsp3) is 0.200. The standard InChI is InChI=1S/C30H25BrN4O3S/c1-2-38-29(37)19-11-13-24(23(31)16-19)33-27(36)17-39-30-34-28-26(8-5-15-32-28)35(30)25-14-12-20(18-9-10-18)21-6-3-4-7-22(21)25/h3-8,11-16,18H,2,9-10,17H2,1H3,(H,33,36). The van der Waals surface area contributed by atoms with Gasteiger partial charge in [0.15, 0.2) is 10.8 Å². The lowest BCUT2D eigenvalue weighted by Crippen LogP contribution is -2.15. The maximum absolute atomic E-state index is 13.0. The lowest BCUT2D eigenvalue weighted by atomic mass is 9.99. The largest absolute Gasteiger partial charge is 0.462 e. The quantitative estimate of drug-likeness (QED) is 0.151. The number of nitrogens with zero attached hydrogens (tertiary/aromatic N) is 3. The third-order valence-corrected chi connectivity index (χ3v) is 8.27. The van der Waals surface area contributed by atoms with Crippen molar-refractivity contribution in [1.29, 1.82) is 0 Å². The van der Waals surface area contributed by atoms with Crippen molar-refractivity contribution in [1.82, 2.24) is 14.5 Å². The van der Waals surface area contributed by atoms with Gasteiger partial charge in [-0.1, -0.05) is 42.1 Å². The summed E-state index contributed by atoms with van der Waals surface area (Å²) in [6, 6.07) is 21.7. The molecule has 6 rings (SSSR count).